The molecule has 0 aromatic carbocycles. The van der Waals surface area contributed by atoms with E-state index in [4.69, 9.17) is 0 Å². The van der Waals surface area contributed by atoms with E-state index in [1.807, 2.05) is 25.8 Å². The number of hydrogen-bond acceptors (Lipinski definition) is 2. The number of carbonyl (C=O) groups excluding carboxylic acids is 1. The van der Waals surface area contributed by atoms with Gasteiger partial charge in [-0.3, -0.25) is 4.79 Å². The van der Waals surface area contributed by atoms with Crippen LogP contribution in [0.1, 0.15) is 34.1 Å². The summed E-state index contributed by atoms with van der Waals surface area (Å²) in [5.41, 5.74) is 1.07. The van der Waals surface area contributed by atoms with E-state index in [0.29, 0.717) is 5.92 Å². The smallest absolute Gasteiger partial charge is 0.246 e. The monoisotopic (exact) mass is 252 g/mol. The normalized spacial score (nSPS) is 20.2. The van der Waals surface area contributed by atoms with Crippen molar-refractivity contribution in [2.45, 2.75) is 34.1 Å². The molecule has 0 N–H and O–H groups in total. The van der Waals surface area contributed by atoms with E-state index in [0.717, 1.165) is 24.6 Å². The molecule has 1 amide bonds. The molecule has 0 radical (unpaired) electrons. The maximum Gasteiger partial charge on any atom is 0.246 e. The second-order valence-corrected chi connectivity index (χ2v) is 6.25. The van der Waals surface area contributed by atoms with Gasteiger partial charge in [0, 0.05) is 32.8 Å². The van der Waals surface area contributed by atoms with Gasteiger partial charge in [0.05, 0.1) is 0 Å². The lowest BCUT2D eigenvalue weighted by molar-refractivity contribution is -0.125. The van der Waals surface area contributed by atoms with Crippen LogP contribution < -0.4 is 0 Å². The second kappa shape index (κ2) is 6.93. The van der Waals surface area contributed by atoms with Gasteiger partial charge in [-0.1, -0.05) is 19.4 Å². The fourth-order valence-electron chi connectivity index (χ4n) is 2.58. The highest BCUT2D eigenvalue weighted by Crippen LogP contribution is 2.18. The maximum atomic E-state index is 11.8. The maximum absolute atomic E-state index is 11.8. The highest BCUT2D eigenvalue weighted by Gasteiger charge is 2.24. The first kappa shape index (κ1) is 15.2. The first-order valence-electron chi connectivity index (χ1n) is 7.00. The van der Waals surface area contributed by atoms with Crippen molar-refractivity contribution in [3.8, 4) is 0 Å². The van der Waals surface area contributed by atoms with Crippen LogP contribution in [0.4, 0.5) is 0 Å². The molecule has 3 nitrogen and oxygen atoms in total. The number of rotatable bonds is 5. The summed E-state index contributed by atoms with van der Waals surface area (Å²) in [4.78, 5) is 16.2. The van der Waals surface area contributed by atoms with E-state index in [1.54, 1.807) is 6.08 Å². The number of allylic oxidation sites excluding steroid dienone is 1. The summed E-state index contributed by atoms with van der Waals surface area (Å²) < 4.78 is 0. The molecule has 1 aliphatic heterocycles. The minimum absolute atomic E-state index is 0.136. The standard InChI is InChI=1S/C15H28N2O/c1-12(2)8-15(18)16(5)10-14-6-7-17(11-14)9-13(3)4/h8,13-14H,6-7,9-11H2,1-5H3/t14-/m0/s1. The predicted octanol–water partition coefficient (Wildman–Crippen LogP) is 2.39. The minimum Gasteiger partial charge on any atom is -0.342 e. The van der Waals surface area contributed by atoms with Crippen LogP contribution in [-0.4, -0.2) is 48.9 Å². The molecule has 0 unspecified atom stereocenters. The Morgan fingerprint density at radius 1 is 1.44 bits per heavy atom. The average Bonchev–Trinajstić information content (AvgIpc) is 2.63. The third-order valence-electron chi connectivity index (χ3n) is 3.31. The highest BCUT2D eigenvalue weighted by atomic mass is 16.2. The van der Waals surface area contributed by atoms with Gasteiger partial charge < -0.3 is 9.80 Å². The Bertz CT molecular complexity index is 306. The van der Waals surface area contributed by atoms with E-state index in [1.165, 1.54) is 19.5 Å². The Morgan fingerprint density at radius 3 is 2.67 bits per heavy atom. The van der Waals surface area contributed by atoms with Crippen LogP contribution in [-0.2, 0) is 4.79 Å². The number of amides is 1. The Hall–Kier alpha value is -0.830. The molecule has 1 aliphatic rings. The van der Waals surface area contributed by atoms with Gasteiger partial charge in [-0.2, -0.15) is 0 Å². The zero-order valence-electron chi connectivity index (χ0n) is 12.6. The molecular weight excluding hydrogens is 224 g/mol. The molecule has 3 heteroatoms. The van der Waals surface area contributed by atoms with Crippen molar-refractivity contribution in [3.63, 3.8) is 0 Å². The van der Waals surface area contributed by atoms with E-state index >= 15 is 0 Å². The zero-order chi connectivity index (χ0) is 13.7. The van der Waals surface area contributed by atoms with E-state index in [2.05, 4.69) is 18.7 Å². The third-order valence-corrected chi connectivity index (χ3v) is 3.31. The van der Waals surface area contributed by atoms with Crippen LogP contribution in [0.15, 0.2) is 11.6 Å². The van der Waals surface area contributed by atoms with E-state index in [-0.39, 0.29) is 5.91 Å². The van der Waals surface area contributed by atoms with Crippen LogP contribution in [0.2, 0.25) is 0 Å². The van der Waals surface area contributed by atoms with Crippen molar-refractivity contribution in [1.29, 1.82) is 0 Å². The lowest BCUT2D eigenvalue weighted by atomic mass is 10.1. The molecule has 0 aliphatic carbocycles. The van der Waals surface area contributed by atoms with E-state index < -0.39 is 0 Å². The van der Waals surface area contributed by atoms with Gasteiger partial charge in [-0.15, -0.1) is 0 Å². The van der Waals surface area contributed by atoms with E-state index in [9.17, 15) is 4.79 Å². The first-order valence-corrected chi connectivity index (χ1v) is 7.00. The van der Waals surface area contributed by atoms with Crippen LogP contribution in [0.25, 0.3) is 0 Å². The summed E-state index contributed by atoms with van der Waals surface area (Å²) in [6, 6.07) is 0. The van der Waals surface area contributed by atoms with Crippen molar-refractivity contribution < 1.29 is 4.79 Å². The molecule has 1 atom stereocenters. The lowest BCUT2D eigenvalue weighted by Crippen LogP contribution is -2.32. The van der Waals surface area contributed by atoms with Gasteiger partial charge in [0.25, 0.3) is 0 Å². The van der Waals surface area contributed by atoms with Crippen LogP contribution in [0, 0.1) is 11.8 Å². The largest absolute Gasteiger partial charge is 0.342 e. The molecule has 1 heterocycles. The lowest BCUT2D eigenvalue weighted by Gasteiger charge is -2.21. The fourth-order valence-corrected chi connectivity index (χ4v) is 2.58. The van der Waals surface area contributed by atoms with Crippen molar-refractivity contribution in [3.05, 3.63) is 11.6 Å². The molecule has 0 aromatic rings. The highest BCUT2D eigenvalue weighted by molar-refractivity contribution is 5.87. The van der Waals surface area contributed by atoms with Gasteiger partial charge in [0.1, 0.15) is 0 Å². The molecule has 0 spiro atoms. The Kier molecular flexibility index (Phi) is 5.86. The minimum atomic E-state index is 0.136. The molecule has 0 aromatic heterocycles. The summed E-state index contributed by atoms with van der Waals surface area (Å²) in [5, 5.41) is 0. The Balaban J connectivity index is 2.36. The Morgan fingerprint density at radius 2 is 2.11 bits per heavy atom. The van der Waals surface area contributed by atoms with Gasteiger partial charge in [-0.05, 0) is 38.6 Å². The molecule has 0 saturated carbocycles. The van der Waals surface area contributed by atoms with Crippen molar-refractivity contribution in [2.24, 2.45) is 11.8 Å². The van der Waals surface area contributed by atoms with Crippen LogP contribution >= 0.6 is 0 Å². The van der Waals surface area contributed by atoms with Crippen LogP contribution in [0.5, 0.6) is 0 Å². The first-order chi connectivity index (χ1) is 8.38. The molecule has 1 saturated heterocycles. The topological polar surface area (TPSA) is 23.6 Å². The fraction of sp³-hybridized carbons (Fsp3) is 0.800. The molecule has 104 valence electrons. The van der Waals surface area contributed by atoms with Crippen molar-refractivity contribution in [2.75, 3.05) is 33.2 Å². The predicted molar refractivity (Wildman–Crippen MR) is 76.5 cm³/mol. The number of likely N-dealkylation sites (tertiary alicyclic amines) is 1. The van der Waals surface area contributed by atoms with Gasteiger partial charge in [0.2, 0.25) is 5.91 Å². The van der Waals surface area contributed by atoms with Gasteiger partial charge in [0.15, 0.2) is 0 Å². The quantitative estimate of drug-likeness (QED) is 0.701. The molecule has 1 fully saturated rings. The summed E-state index contributed by atoms with van der Waals surface area (Å²) in [6.07, 6.45) is 2.94. The van der Waals surface area contributed by atoms with Gasteiger partial charge in [-0.25, -0.2) is 0 Å². The zero-order valence-corrected chi connectivity index (χ0v) is 12.6. The summed E-state index contributed by atoms with van der Waals surface area (Å²) >= 11 is 0. The summed E-state index contributed by atoms with van der Waals surface area (Å²) in [6.45, 7) is 12.9. The summed E-state index contributed by atoms with van der Waals surface area (Å²) in [5.74, 6) is 1.51. The molecule has 1 rings (SSSR count). The second-order valence-electron chi connectivity index (χ2n) is 6.25. The molecule has 0 bridgehead atoms. The SMILES string of the molecule is CC(C)=CC(=O)N(C)C[C@@H]1CCN(CC(C)C)C1. The van der Waals surface area contributed by atoms with Crippen LogP contribution in [0.3, 0.4) is 0 Å². The number of likely N-dealkylation sites (N-methyl/N-ethyl adjacent to an activating group) is 1. The molecule has 18 heavy (non-hydrogen) atoms. The summed E-state index contributed by atoms with van der Waals surface area (Å²) in [7, 11) is 1.91. The molecular formula is C15H28N2O. The number of carbonyl (C=O) groups is 1. The Labute approximate surface area is 112 Å². The van der Waals surface area contributed by atoms with Crippen molar-refractivity contribution >= 4 is 5.91 Å². The third kappa shape index (κ3) is 5.21. The number of hydrogen-bond donors (Lipinski definition) is 0. The number of nitrogens with zero attached hydrogens (tertiary/aromatic N) is 2. The van der Waals surface area contributed by atoms with Gasteiger partial charge >= 0.3 is 0 Å². The average molecular weight is 252 g/mol. The van der Waals surface area contributed by atoms with Crippen molar-refractivity contribution in [1.82, 2.24) is 9.80 Å².